The number of pyridine rings is 1. The third-order valence-corrected chi connectivity index (χ3v) is 2.00. The average molecular weight is 220 g/mol. The second-order valence-corrected chi connectivity index (χ2v) is 3.08. The predicted molar refractivity (Wildman–Crippen MR) is 49.5 cm³/mol. The standard InChI is InChI=1S/C9H11F3N2O/c10-9(11,12)7(4-5-13)14-6-2-1-3-8(14)15/h1-3,6-7H,4-5,13H2. The Bertz CT molecular complexity index is 372. The summed E-state index contributed by atoms with van der Waals surface area (Å²) < 4.78 is 38.3. The quantitative estimate of drug-likeness (QED) is 0.834. The van der Waals surface area contributed by atoms with E-state index in [2.05, 4.69) is 0 Å². The van der Waals surface area contributed by atoms with Gasteiger partial charge in [-0.1, -0.05) is 6.07 Å². The molecule has 1 aromatic rings. The minimum atomic E-state index is -4.45. The first kappa shape index (κ1) is 11.8. The van der Waals surface area contributed by atoms with Crippen LogP contribution in [0.2, 0.25) is 0 Å². The zero-order valence-corrected chi connectivity index (χ0v) is 7.87. The van der Waals surface area contributed by atoms with Gasteiger partial charge in [0.25, 0.3) is 5.56 Å². The van der Waals surface area contributed by atoms with Crippen LogP contribution in [0.3, 0.4) is 0 Å². The van der Waals surface area contributed by atoms with Crippen LogP contribution in [0, 0.1) is 0 Å². The fraction of sp³-hybridized carbons (Fsp3) is 0.444. The molecule has 1 rings (SSSR count). The molecule has 0 aliphatic heterocycles. The van der Waals surface area contributed by atoms with Crippen LogP contribution in [0.4, 0.5) is 13.2 Å². The molecule has 0 saturated carbocycles. The maximum Gasteiger partial charge on any atom is 0.409 e. The van der Waals surface area contributed by atoms with Crippen LogP contribution in [0.25, 0.3) is 0 Å². The van der Waals surface area contributed by atoms with Crippen molar-refractivity contribution in [3.8, 4) is 0 Å². The van der Waals surface area contributed by atoms with Crippen molar-refractivity contribution in [1.82, 2.24) is 4.57 Å². The van der Waals surface area contributed by atoms with Gasteiger partial charge < -0.3 is 10.3 Å². The summed E-state index contributed by atoms with van der Waals surface area (Å²) in [5, 5.41) is 0. The van der Waals surface area contributed by atoms with Crippen molar-refractivity contribution in [2.75, 3.05) is 6.54 Å². The van der Waals surface area contributed by atoms with Gasteiger partial charge >= 0.3 is 6.18 Å². The van der Waals surface area contributed by atoms with E-state index in [0.29, 0.717) is 4.57 Å². The van der Waals surface area contributed by atoms with Crippen LogP contribution in [0.5, 0.6) is 0 Å². The molecule has 0 spiro atoms. The van der Waals surface area contributed by atoms with Crippen LogP contribution in [0.1, 0.15) is 12.5 Å². The fourth-order valence-corrected chi connectivity index (χ4v) is 1.32. The molecule has 3 nitrogen and oxygen atoms in total. The van der Waals surface area contributed by atoms with Gasteiger partial charge in [0.1, 0.15) is 6.04 Å². The van der Waals surface area contributed by atoms with E-state index < -0.39 is 17.8 Å². The monoisotopic (exact) mass is 220 g/mol. The lowest BCUT2D eigenvalue weighted by Crippen LogP contribution is -2.34. The Morgan fingerprint density at radius 2 is 2.07 bits per heavy atom. The van der Waals surface area contributed by atoms with Gasteiger partial charge in [0.15, 0.2) is 0 Å². The molecule has 6 heteroatoms. The Balaban J connectivity index is 3.11. The smallest absolute Gasteiger partial charge is 0.330 e. The first-order valence-corrected chi connectivity index (χ1v) is 4.40. The minimum absolute atomic E-state index is 0.120. The largest absolute Gasteiger partial charge is 0.409 e. The van der Waals surface area contributed by atoms with Crippen LogP contribution in [-0.4, -0.2) is 17.3 Å². The first-order valence-electron chi connectivity index (χ1n) is 4.40. The molecule has 1 heterocycles. The summed E-state index contributed by atoms with van der Waals surface area (Å²) in [5.74, 6) is 0. The van der Waals surface area contributed by atoms with Crippen molar-refractivity contribution >= 4 is 0 Å². The highest BCUT2D eigenvalue weighted by atomic mass is 19.4. The molecule has 0 bridgehead atoms. The van der Waals surface area contributed by atoms with Crippen LogP contribution >= 0.6 is 0 Å². The van der Waals surface area contributed by atoms with Gasteiger partial charge in [-0.05, 0) is 19.0 Å². The molecule has 15 heavy (non-hydrogen) atoms. The Morgan fingerprint density at radius 1 is 1.40 bits per heavy atom. The Labute approximate surface area is 84.3 Å². The van der Waals surface area contributed by atoms with Gasteiger partial charge in [-0.15, -0.1) is 0 Å². The van der Waals surface area contributed by atoms with Crippen LogP contribution < -0.4 is 11.3 Å². The molecule has 0 radical (unpaired) electrons. The second-order valence-electron chi connectivity index (χ2n) is 3.08. The maximum atomic E-state index is 12.6. The Kier molecular flexibility index (Phi) is 3.52. The Hall–Kier alpha value is -1.30. The van der Waals surface area contributed by atoms with Gasteiger partial charge in [0.2, 0.25) is 0 Å². The number of aromatic nitrogens is 1. The van der Waals surface area contributed by atoms with E-state index in [0.717, 1.165) is 12.3 Å². The molecule has 0 aliphatic rings. The Morgan fingerprint density at radius 3 is 2.53 bits per heavy atom. The lowest BCUT2D eigenvalue weighted by Gasteiger charge is -2.21. The lowest BCUT2D eigenvalue weighted by molar-refractivity contribution is -0.169. The van der Waals surface area contributed by atoms with Gasteiger partial charge in [-0.2, -0.15) is 13.2 Å². The first-order chi connectivity index (χ1) is 6.96. The summed E-state index contributed by atoms with van der Waals surface area (Å²) in [6.07, 6.45) is -3.63. The third kappa shape index (κ3) is 2.82. The maximum absolute atomic E-state index is 12.6. The molecule has 0 fully saturated rings. The highest BCUT2D eigenvalue weighted by molar-refractivity contribution is 4.96. The molecule has 2 N–H and O–H groups in total. The van der Waals surface area contributed by atoms with Crippen LogP contribution in [0.15, 0.2) is 29.2 Å². The molecule has 1 aromatic heterocycles. The predicted octanol–water partition coefficient (Wildman–Crippen LogP) is 1.30. The molecule has 0 aromatic carbocycles. The second kappa shape index (κ2) is 4.48. The van der Waals surface area contributed by atoms with E-state index in [1.165, 1.54) is 12.1 Å². The molecule has 84 valence electrons. The van der Waals surface area contributed by atoms with E-state index >= 15 is 0 Å². The van der Waals surface area contributed by atoms with Crippen molar-refractivity contribution in [3.63, 3.8) is 0 Å². The van der Waals surface area contributed by atoms with E-state index in [1.54, 1.807) is 0 Å². The summed E-state index contributed by atoms with van der Waals surface area (Å²) in [7, 11) is 0. The fourth-order valence-electron chi connectivity index (χ4n) is 1.32. The summed E-state index contributed by atoms with van der Waals surface area (Å²) in [6.45, 7) is -0.120. The topological polar surface area (TPSA) is 48.0 Å². The summed E-state index contributed by atoms with van der Waals surface area (Å²) in [5.41, 5.74) is 4.43. The lowest BCUT2D eigenvalue weighted by atomic mass is 10.2. The third-order valence-electron chi connectivity index (χ3n) is 2.00. The number of nitrogens with zero attached hydrogens (tertiary/aromatic N) is 1. The van der Waals surface area contributed by atoms with E-state index in [-0.39, 0.29) is 13.0 Å². The number of hydrogen-bond donors (Lipinski definition) is 1. The number of alkyl halides is 3. The molecule has 0 saturated heterocycles. The van der Waals surface area contributed by atoms with Gasteiger partial charge in [0.05, 0.1) is 0 Å². The van der Waals surface area contributed by atoms with E-state index in [1.807, 2.05) is 0 Å². The van der Waals surface area contributed by atoms with Crippen molar-refractivity contribution in [2.45, 2.75) is 18.6 Å². The van der Waals surface area contributed by atoms with E-state index in [4.69, 9.17) is 5.73 Å². The summed E-state index contributed by atoms with van der Waals surface area (Å²) in [6, 6.07) is 2.04. The van der Waals surface area contributed by atoms with Crippen molar-refractivity contribution in [3.05, 3.63) is 34.7 Å². The number of halogens is 3. The van der Waals surface area contributed by atoms with Crippen LogP contribution in [-0.2, 0) is 0 Å². The molecule has 1 atom stereocenters. The zero-order valence-electron chi connectivity index (χ0n) is 7.87. The van der Waals surface area contributed by atoms with Crippen molar-refractivity contribution in [1.29, 1.82) is 0 Å². The molecule has 0 amide bonds. The SMILES string of the molecule is NCCC(n1ccccc1=O)C(F)(F)F. The summed E-state index contributed by atoms with van der Waals surface area (Å²) >= 11 is 0. The summed E-state index contributed by atoms with van der Waals surface area (Å²) in [4.78, 5) is 11.2. The molecule has 1 unspecified atom stereocenters. The highest BCUT2D eigenvalue weighted by Gasteiger charge is 2.40. The van der Waals surface area contributed by atoms with Crippen molar-refractivity contribution < 1.29 is 13.2 Å². The number of nitrogens with two attached hydrogens (primary N) is 1. The van der Waals surface area contributed by atoms with Gasteiger partial charge in [0, 0.05) is 12.3 Å². The average Bonchev–Trinajstić information content (AvgIpc) is 2.14. The molecule has 0 aliphatic carbocycles. The zero-order chi connectivity index (χ0) is 11.5. The van der Waals surface area contributed by atoms with Gasteiger partial charge in [-0.3, -0.25) is 4.79 Å². The number of rotatable bonds is 3. The molecular formula is C9H11F3N2O. The number of hydrogen-bond acceptors (Lipinski definition) is 2. The van der Waals surface area contributed by atoms with Gasteiger partial charge in [-0.25, -0.2) is 0 Å². The van der Waals surface area contributed by atoms with E-state index in [9.17, 15) is 18.0 Å². The molecular weight excluding hydrogens is 209 g/mol. The normalized spacial score (nSPS) is 13.9. The van der Waals surface area contributed by atoms with Crippen molar-refractivity contribution in [2.24, 2.45) is 5.73 Å². The highest BCUT2D eigenvalue weighted by Crippen LogP contribution is 2.31. The minimum Gasteiger partial charge on any atom is -0.330 e.